The van der Waals surface area contributed by atoms with Gasteiger partial charge in [-0.2, -0.15) is 0 Å². The summed E-state index contributed by atoms with van der Waals surface area (Å²) < 4.78 is 21.4. The standard InChI is InChI=1S/C8H12ClN2O5P/c9-4-1-5-17(10,14)15-6-7-2-3-8(16-7)11(12)13/h2-3H,1,4-6H2,(H2,10,14). The Balaban J connectivity index is 2.49. The van der Waals surface area contributed by atoms with Crippen molar-refractivity contribution in [2.45, 2.75) is 13.0 Å². The van der Waals surface area contributed by atoms with Gasteiger partial charge in [-0.15, -0.1) is 11.6 Å². The minimum absolute atomic E-state index is 0.163. The van der Waals surface area contributed by atoms with Crippen molar-refractivity contribution in [1.82, 2.24) is 0 Å². The van der Waals surface area contributed by atoms with Crippen LogP contribution < -0.4 is 5.50 Å². The molecule has 1 unspecified atom stereocenters. The Hall–Kier alpha value is -0.880. The van der Waals surface area contributed by atoms with Gasteiger partial charge in [0, 0.05) is 12.0 Å². The van der Waals surface area contributed by atoms with Crippen molar-refractivity contribution < 1.29 is 18.4 Å². The molecule has 17 heavy (non-hydrogen) atoms. The fourth-order valence-electron chi connectivity index (χ4n) is 1.06. The number of rotatable bonds is 7. The number of alkyl halides is 1. The van der Waals surface area contributed by atoms with Crippen LogP contribution in [0.15, 0.2) is 16.5 Å². The molecule has 96 valence electrons. The summed E-state index contributed by atoms with van der Waals surface area (Å²) in [6.07, 6.45) is 0.646. The van der Waals surface area contributed by atoms with Gasteiger partial charge in [0.2, 0.25) is 0 Å². The molecular formula is C8H12ClN2O5P. The zero-order chi connectivity index (χ0) is 12.9. The summed E-state index contributed by atoms with van der Waals surface area (Å²) in [5, 5.41) is 10.3. The molecule has 0 aliphatic carbocycles. The van der Waals surface area contributed by atoms with E-state index in [-0.39, 0.29) is 18.5 Å². The van der Waals surface area contributed by atoms with E-state index in [0.717, 1.165) is 0 Å². The molecule has 1 aromatic heterocycles. The molecular weight excluding hydrogens is 271 g/mol. The third-order valence-corrected chi connectivity index (χ3v) is 3.63. The van der Waals surface area contributed by atoms with Crippen LogP contribution in [-0.4, -0.2) is 17.0 Å². The lowest BCUT2D eigenvalue weighted by atomic mass is 10.5. The smallest absolute Gasteiger partial charge is 0.403 e. The van der Waals surface area contributed by atoms with Gasteiger partial charge in [0.05, 0.1) is 6.07 Å². The highest BCUT2D eigenvalue weighted by Gasteiger charge is 2.18. The van der Waals surface area contributed by atoms with Crippen LogP contribution in [0.1, 0.15) is 12.2 Å². The fourth-order valence-corrected chi connectivity index (χ4v) is 2.45. The molecule has 0 saturated carbocycles. The van der Waals surface area contributed by atoms with Crippen molar-refractivity contribution in [3.8, 4) is 0 Å². The lowest BCUT2D eigenvalue weighted by molar-refractivity contribution is -0.402. The van der Waals surface area contributed by atoms with Crippen LogP contribution in [0.2, 0.25) is 0 Å². The molecule has 0 amide bonds. The first kappa shape index (κ1) is 14.2. The first-order chi connectivity index (χ1) is 7.94. The SMILES string of the molecule is NP(=O)(CCCCl)OCc1ccc([N+](=O)[O-])o1. The first-order valence-corrected chi connectivity index (χ1v) is 7.17. The quantitative estimate of drug-likeness (QED) is 0.356. The molecule has 0 spiro atoms. The molecule has 2 N–H and O–H groups in total. The minimum atomic E-state index is -3.20. The van der Waals surface area contributed by atoms with E-state index in [1.54, 1.807) is 0 Å². The van der Waals surface area contributed by atoms with E-state index in [4.69, 9.17) is 26.0 Å². The third kappa shape index (κ3) is 4.87. The number of hydrogen-bond donors (Lipinski definition) is 1. The number of halogens is 1. The van der Waals surface area contributed by atoms with Crippen molar-refractivity contribution in [3.63, 3.8) is 0 Å². The van der Waals surface area contributed by atoms with Crippen LogP contribution in [0.25, 0.3) is 0 Å². The molecule has 0 aliphatic rings. The number of furan rings is 1. The summed E-state index contributed by atoms with van der Waals surface area (Å²) in [5.41, 5.74) is 5.42. The van der Waals surface area contributed by atoms with Crippen molar-refractivity contribution in [1.29, 1.82) is 0 Å². The summed E-state index contributed by atoms with van der Waals surface area (Å²) >= 11 is 5.44. The second kappa shape index (κ2) is 6.16. The number of nitrogens with zero attached hydrogens (tertiary/aromatic N) is 1. The van der Waals surface area contributed by atoms with Gasteiger partial charge in [-0.3, -0.25) is 20.2 Å². The Bertz CT molecular complexity index is 435. The number of nitrogens with two attached hydrogens (primary N) is 1. The summed E-state index contributed by atoms with van der Waals surface area (Å²) in [6.45, 7) is -0.163. The molecule has 0 saturated heterocycles. The Morgan fingerprint density at radius 1 is 1.59 bits per heavy atom. The second-order valence-electron chi connectivity index (χ2n) is 3.26. The molecule has 1 heterocycles. The van der Waals surface area contributed by atoms with E-state index < -0.39 is 18.3 Å². The molecule has 0 fully saturated rings. The highest BCUT2D eigenvalue weighted by atomic mass is 35.5. The van der Waals surface area contributed by atoms with Gasteiger partial charge in [-0.1, -0.05) is 0 Å². The Morgan fingerprint density at radius 3 is 2.82 bits per heavy atom. The summed E-state index contributed by atoms with van der Waals surface area (Å²) in [5.74, 6) is 0.154. The van der Waals surface area contributed by atoms with Crippen LogP contribution in [0.3, 0.4) is 0 Å². The molecule has 1 aromatic rings. The summed E-state index contributed by atoms with van der Waals surface area (Å²) in [7, 11) is -3.20. The van der Waals surface area contributed by atoms with E-state index in [1.807, 2.05) is 0 Å². The molecule has 7 nitrogen and oxygen atoms in total. The van der Waals surface area contributed by atoms with Crippen LogP contribution in [0, 0.1) is 10.1 Å². The molecule has 0 aliphatic heterocycles. The Kier molecular flexibility index (Phi) is 5.14. The average molecular weight is 283 g/mol. The van der Waals surface area contributed by atoms with Gasteiger partial charge in [-0.05, 0) is 12.5 Å². The van der Waals surface area contributed by atoms with Gasteiger partial charge in [0.1, 0.15) is 17.3 Å². The summed E-state index contributed by atoms with van der Waals surface area (Å²) in [4.78, 5) is 9.67. The van der Waals surface area contributed by atoms with Gasteiger partial charge < -0.3 is 8.94 Å². The van der Waals surface area contributed by atoms with Gasteiger partial charge >= 0.3 is 5.88 Å². The van der Waals surface area contributed by atoms with E-state index in [1.165, 1.54) is 12.1 Å². The number of hydrogen-bond acceptors (Lipinski definition) is 5. The zero-order valence-electron chi connectivity index (χ0n) is 8.87. The maximum atomic E-state index is 11.6. The lowest BCUT2D eigenvalue weighted by Crippen LogP contribution is -2.04. The largest absolute Gasteiger partial charge is 0.433 e. The number of nitro groups is 1. The van der Waals surface area contributed by atoms with Crippen LogP contribution in [0.5, 0.6) is 0 Å². The monoisotopic (exact) mass is 282 g/mol. The predicted molar refractivity (Wildman–Crippen MR) is 62.1 cm³/mol. The van der Waals surface area contributed by atoms with E-state index in [0.29, 0.717) is 12.3 Å². The van der Waals surface area contributed by atoms with Gasteiger partial charge in [-0.25, -0.2) is 0 Å². The molecule has 1 rings (SSSR count). The fraction of sp³-hybridized carbons (Fsp3) is 0.500. The highest BCUT2D eigenvalue weighted by molar-refractivity contribution is 7.56. The average Bonchev–Trinajstić information content (AvgIpc) is 2.73. The van der Waals surface area contributed by atoms with Crippen LogP contribution >= 0.6 is 19.1 Å². The van der Waals surface area contributed by atoms with Gasteiger partial charge in [0.25, 0.3) is 7.52 Å². The van der Waals surface area contributed by atoms with E-state index in [2.05, 4.69) is 0 Å². The second-order valence-corrected chi connectivity index (χ2v) is 5.80. The van der Waals surface area contributed by atoms with Crippen LogP contribution in [-0.2, 0) is 15.7 Å². The van der Waals surface area contributed by atoms with E-state index in [9.17, 15) is 14.7 Å². The predicted octanol–water partition coefficient (Wildman–Crippen LogP) is 2.49. The molecule has 0 radical (unpaired) electrons. The third-order valence-electron chi connectivity index (χ3n) is 1.86. The van der Waals surface area contributed by atoms with Crippen molar-refractivity contribution >= 4 is 25.0 Å². The van der Waals surface area contributed by atoms with Crippen LogP contribution in [0.4, 0.5) is 5.88 Å². The van der Waals surface area contributed by atoms with Crippen molar-refractivity contribution in [2.24, 2.45) is 5.50 Å². The minimum Gasteiger partial charge on any atom is -0.403 e. The lowest BCUT2D eigenvalue weighted by Gasteiger charge is -2.11. The Labute approximate surface area is 103 Å². The van der Waals surface area contributed by atoms with Gasteiger partial charge in [0.15, 0.2) is 0 Å². The van der Waals surface area contributed by atoms with Crippen molar-refractivity contribution in [2.75, 3.05) is 12.0 Å². The zero-order valence-corrected chi connectivity index (χ0v) is 10.5. The molecule has 1 atom stereocenters. The van der Waals surface area contributed by atoms with E-state index >= 15 is 0 Å². The summed E-state index contributed by atoms with van der Waals surface area (Å²) in [6, 6.07) is 2.57. The van der Waals surface area contributed by atoms with Crippen molar-refractivity contribution in [3.05, 3.63) is 28.0 Å². The maximum absolute atomic E-state index is 11.6. The maximum Gasteiger partial charge on any atom is 0.433 e. The highest BCUT2D eigenvalue weighted by Crippen LogP contribution is 2.39. The molecule has 9 heteroatoms. The first-order valence-electron chi connectivity index (χ1n) is 4.76. The normalized spacial score (nSPS) is 14.5. The topological polar surface area (TPSA) is 109 Å². The molecule has 0 aromatic carbocycles. The Morgan fingerprint density at radius 2 is 2.29 bits per heavy atom. The molecule has 0 bridgehead atoms.